The smallest absolute Gasteiger partial charge is 0.303 e. The molecule has 1 aliphatic heterocycles. The molecule has 0 amide bonds. The molecule has 1 fully saturated rings. The van der Waals surface area contributed by atoms with Crippen molar-refractivity contribution in [3.8, 4) is 0 Å². The van der Waals surface area contributed by atoms with Crippen molar-refractivity contribution in [2.45, 2.75) is 45.6 Å². The van der Waals surface area contributed by atoms with Crippen LogP contribution in [0, 0.1) is 5.92 Å². The quantitative estimate of drug-likeness (QED) is 0.476. The van der Waals surface area contributed by atoms with Gasteiger partial charge in [0.1, 0.15) is 5.15 Å². The van der Waals surface area contributed by atoms with Crippen LogP contribution in [-0.2, 0) is 14.3 Å². The summed E-state index contributed by atoms with van der Waals surface area (Å²) in [5, 5.41) is 5.16. The highest BCUT2D eigenvalue weighted by molar-refractivity contribution is 6.35. The Morgan fingerprint density at radius 3 is 2.83 bits per heavy atom. The molecule has 0 unspecified atom stereocenters. The molecule has 23 heavy (non-hydrogen) atoms. The van der Waals surface area contributed by atoms with Gasteiger partial charge in [0.2, 0.25) is 5.28 Å². The standard InChI is InChI=1S/C14H16Cl2N4O3/c1-4-9-6(2)10(22-7(3)21)13(23-9)20-5-8-11(15)17-14(16)18-12(8)19-20/h5-6,9-10,13H,4H2,1-3H3/t6-,9-,10-,13-/m1/s1. The first-order valence-corrected chi connectivity index (χ1v) is 8.07. The van der Waals surface area contributed by atoms with Crippen LogP contribution in [0.2, 0.25) is 10.4 Å². The van der Waals surface area contributed by atoms with Gasteiger partial charge in [-0.2, -0.15) is 4.98 Å². The molecule has 1 aliphatic rings. The second-order valence-corrected chi connectivity index (χ2v) is 6.23. The van der Waals surface area contributed by atoms with E-state index in [0.29, 0.717) is 11.0 Å². The van der Waals surface area contributed by atoms with E-state index < -0.39 is 12.3 Å². The van der Waals surface area contributed by atoms with E-state index in [1.54, 1.807) is 10.9 Å². The van der Waals surface area contributed by atoms with Gasteiger partial charge < -0.3 is 9.47 Å². The monoisotopic (exact) mass is 358 g/mol. The Balaban J connectivity index is 2.01. The first-order chi connectivity index (χ1) is 10.9. The van der Waals surface area contributed by atoms with Crippen LogP contribution in [0.5, 0.6) is 0 Å². The summed E-state index contributed by atoms with van der Waals surface area (Å²) in [6, 6.07) is 0. The summed E-state index contributed by atoms with van der Waals surface area (Å²) in [6.45, 7) is 5.40. The largest absolute Gasteiger partial charge is 0.457 e. The molecule has 0 N–H and O–H groups in total. The Morgan fingerprint density at radius 2 is 2.17 bits per heavy atom. The summed E-state index contributed by atoms with van der Waals surface area (Å²) in [4.78, 5) is 19.4. The summed E-state index contributed by atoms with van der Waals surface area (Å²) in [6.07, 6.45) is 1.49. The lowest BCUT2D eigenvalue weighted by Gasteiger charge is -2.20. The number of aromatic nitrogens is 4. The van der Waals surface area contributed by atoms with Gasteiger partial charge in [0.15, 0.2) is 18.0 Å². The fourth-order valence-corrected chi connectivity index (χ4v) is 3.31. The maximum Gasteiger partial charge on any atom is 0.303 e. The summed E-state index contributed by atoms with van der Waals surface area (Å²) >= 11 is 11.9. The predicted octanol–water partition coefficient (Wildman–Crippen LogP) is 3.01. The first-order valence-electron chi connectivity index (χ1n) is 7.31. The molecule has 0 radical (unpaired) electrons. The van der Waals surface area contributed by atoms with Crippen LogP contribution in [0.1, 0.15) is 33.4 Å². The van der Waals surface area contributed by atoms with E-state index in [1.165, 1.54) is 6.92 Å². The predicted molar refractivity (Wildman–Crippen MR) is 84.3 cm³/mol. The first kappa shape index (κ1) is 16.4. The second kappa shape index (κ2) is 6.22. The van der Waals surface area contributed by atoms with Crippen LogP contribution < -0.4 is 0 Å². The molecular weight excluding hydrogens is 343 g/mol. The van der Waals surface area contributed by atoms with Crippen LogP contribution in [0.4, 0.5) is 0 Å². The third-order valence-electron chi connectivity index (χ3n) is 3.99. The van der Waals surface area contributed by atoms with Crippen molar-refractivity contribution < 1.29 is 14.3 Å². The normalized spacial score (nSPS) is 27.5. The SMILES string of the molecule is CC[C@H]1O[C@@H](n2cc3c(Cl)nc(Cl)nc3n2)[C@H](OC(C)=O)[C@@H]1C. The van der Waals surface area contributed by atoms with Gasteiger partial charge >= 0.3 is 5.97 Å². The summed E-state index contributed by atoms with van der Waals surface area (Å²) in [5.41, 5.74) is 0.368. The fraction of sp³-hybridized carbons (Fsp3) is 0.571. The number of halogens is 2. The zero-order valence-corrected chi connectivity index (χ0v) is 14.4. The molecular formula is C14H16Cl2N4O3. The van der Waals surface area contributed by atoms with Crippen LogP contribution in [0.25, 0.3) is 11.0 Å². The molecule has 124 valence electrons. The summed E-state index contributed by atoms with van der Waals surface area (Å²) in [7, 11) is 0. The number of rotatable bonds is 3. The van der Waals surface area contributed by atoms with Gasteiger partial charge in [-0.15, -0.1) is 5.10 Å². The van der Waals surface area contributed by atoms with Crippen molar-refractivity contribution in [2.24, 2.45) is 5.92 Å². The van der Waals surface area contributed by atoms with Gasteiger partial charge in [-0.1, -0.05) is 25.4 Å². The molecule has 0 aliphatic carbocycles. The highest BCUT2D eigenvalue weighted by Gasteiger charge is 2.44. The molecule has 1 saturated heterocycles. The Labute approximate surface area is 142 Å². The van der Waals surface area contributed by atoms with E-state index in [1.807, 2.05) is 13.8 Å². The van der Waals surface area contributed by atoms with Gasteiger partial charge in [-0.3, -0.25) is 4.79 Å². The average molecular weight is 359 g/mol. The molecule has 3 heterocycles. The highest BCUT2D eigenvalue weighted by Crippen LogP contribution is 2.38. The van der Waals surface area contributed by atoms with Gasteiger partial charge in [0.05, 0.1) is 11.5 Å². The molecule has 3 rings (SSSR count). The van der Waals surface area contributed by atoms with Crippen LogP contribution in [0.3, 0.4) is 0 Å². The van der Waals surface area contributed by atoms with Gasteiger partial charge in [0.25, 0.3) is 0 Å². The number of esters is 1. The molecule has 4 atom stereocenters. The number of carbonyl (C=O) groups excluding carboxylic acids is 1. The van der Waals surface area contributed by atoms with E-state index in [4.69, 9.17) is 32.7 Å². The minimum Gasteiger partial charge on any atom is -0.457 e. The zero-order chi connectivity index (χ0) is 16.7. The van der Waals surface area contributed by atoms with Crippen molar-refractivity contribution in [3.63, 3.8) is 0 Å². The fourth-order valence-electron chi connectivity index (χ4n) is 2.88. The highest BCUT2D eigenvalue weighted by atomic mass is 35.5. The van der Waals surface area contributed by atoms with Gasteiger partial charge in [0, 0.05) is 19.0 Å². The van der Waals surface area contributed by atoms with Crippen molar-refractivity contribution >= 4 is 40.2 Å². The van der Waals surface area contributed by atoms with Crippen molar-refractivity contribution in [1.29, 1.82) is 0 Å². The minimum absolute atomic E-state index is 0.0245. The van der Waals surface area contributed by atoms with E-state index in [-0.39, 0.29) is 28.4 Å². The summed E-state index contributed by atoms with van der Waals surface area (Å²) < 4.78 is 13.0. The lowest BCUT2D eigenvalue weighted by Crippen LogP contribution is -2.29. The number of fused-ring (bicyclic) bond motifs is 1. The van der Waals surface area contributed by atoms with Crippen LogP contribution >= 0.6 is 23.2 Å². The van der Waals surface area contributed by atoms with Crippen molar-refractivity contribution in [2.75, 3.05) is 0 Å². The Morgan fingerprint density at radius 1 is 1.43 bits per heavy atom. The molecule has 2 aromatic rings. The molecule has 0 saturated carbocycles. The zero-order valence-electron chi connectivity index (χ0n) is 12.9. The number of ether oxygens (including phenoxy) is 2. The Bertz CT molecular complexity index is 751. The lowest BCUT2D eigenvalue weighted by atomic mass is 9.98. The van der Waals surface area contributed by atoms with Gasteiger partial charge in [-0.25, -0.2) is 9.67 Å². The number of hydrogen-bond acceptors (Lipinski definition) is 6. The van der Waals surface area contributed by atoms with Crippen molar-refractivity contribution in [3.05, 3.63) is 16.6 Å². The maximum atomic E-state index is 11.4. The topological polar surface area (TPSA) is 79.1 Å². The Kier molecular flexibility index (Phi) is 4.44. The third kappa shape index (κ3) is 3.00. The van der Waals surface area contributed by atoms with Crippen molar-refractivity contribution in [1.82, 2.24) is 19.7 Å². The minimum atomic E-state index is -0.539. The van der Waals surface area contributed by atoms with E-state index in [2.05, 4.69) is 15.1 Å². The van der Waals surface area contributed by atoms with E-state index >= 15 is 0 Å². The second-order valence-electron chi connectivity index (χ2n) is 5.54. The molecule has 7 nitrogen and oxygen atoms in total. The number of nitrogens with zero attached hydrogens (tertiary/aromatic N) is 4. The lowest BCUT2D eigenvalue weighted by molar-refractivity contribution is -0.154. The average Bonchev–Trinajstić information content (AvgIpc) is 3.01. The third-order valence-corrected chi connectivity index (χ3v) is 4.45. The molecule has 0 bridgehead atoms. The van der Waals surface area contributed by atoms with E-state index in [0.717, 1.165) is 6.42 Å². The summed E-state index contributed by atoms with van der Waals surface area (Å²) in [5.74, 6) is -0.309. The molecule has 9 heteroatoms. The molecule has 0 aromatic carbocycles. The Hall–Kier alpha value is -1.44. The van der Waals surface area contributed by atoms with Crippen LogP contribution in [-0.4, -0.2) is 37.9 Å². The maximum absolute atomic E-state index is 11.4. The number of carbonyl (C=O) groups is 1. The van der Waals surface area contributed by atoms with Crippen LogP contribution in [0.15, 0.2) is 6.20 Å². The number of hydrogen-bond donors (Lipinski definition) is 0. The molecule has 2 aromatic heterocycles. The van der Waals surface area contributed by atoms with Gasteiger partial charge in [-0.05, 0) is 18.0 Å². The van der Waals surface area contributed by atoms with E-state index in [9.17, 15) is 4.79 Å². The molecule has 0 spiro atoms.